The zero-order valence-corrected chi connectivity index (χ0v) is 14.5. The van der Waals surface area contributed by atoms with Gasteiger partial charge in [-0.1, -0.05) is 42.5 Å². The van der Waals surface area contributed by atoms with Crippen molar-refractivity contribution in [1.29, 1.82) is 0 Å². The summed E-state index contributed by atoms with van der Waals surface area (Å²) in [4.78, 5) is 11.9. The summed E-state index contributed by atoms with van der Waals surface area (Å²) >= 11 is 0. The molecule has 1 unspecified atom stereocenters. The minimum Gasteiger partial charge on any atom is -0.489 e. The topological polar surface area (TPSA) is 58.6 Å². The molecule has 0 saturated carbocycles. The van der Waals surface area contributed by atoms with Crippen LogP contribution in [0.25, 0.3) is 0 Å². The predicted octanol–water partition coefficient (Wildman–Crippen LogP) is 3.60. The van der Waals surface area contributed by atoms with Crippen LogP contribution in [0.3, 0.4) is 0 Å². The van der Waals surface area contributed by atoms with Crippen LogP contribution in [0.4, 0.5) is 0 Å². The van der Waals surface area contributed by atoms with Crippen molar-refractivity contribution in [1.82, 2.24) is 5.32 Å². The summed E-state index contributed by atoms with van der Waals surface area (Å²) in [5.74, 6) is 0.563. The molecular formula is C20H25NO3. The standard InChI is InChI=1S/C20H25NO3/c1-20(2,3)21-19(23)13-18(22)16-9-11-17(12-10-16)24-14-15-7-5-4-6-8-15/h4-12,18,22H,13-14H2,1-3H3,(H,21,23). The average Bonchev–Trinajstić information content (AvgIpc) is 2.52. The fourth-order valence-corrected chi connectivity index (χ4v) is 2.29. The first-order valence-corrected chi connectivity index (χ1v) is 8.09. The van der Waals surface area contributed by atoms with Crippen molar-refractivity contribution in [2.75, 3.05) is 0 Å². The molecule has 128 valence electrons. The van der Waals surface area contributed by atoms with Gasteiger partial charge in [0, 0.05) is 5.54 Å². The van der Waals surface area contributed by atoms with Crippen LogP contribution in [0.1, 0.15) is 44.4 Å². The minimum atomic E-state index is -0.824. The fourth-order valence-electron chi connectivity index (χ4n) is 2.29. The third-order valence-electron chi connectivity index (χ3n) is 3.41. The molecule has 0 radical (unpaired) electrons. The van der Waals surface area contributed by atoms with Crippen molar-refractivity contribution in [3.63, 3.8) is 0 Å². The number of carbonyl (C=O) groups excluding carboxylic acids is 1. The summed E-state index contributed by atoms with van der Waals surface area (Å²) in [5.41, 5.74) is 1.50. The highest BCUT2D eigenvalue weighted by molar-refractivity contribution is 5.77. The molecule has 2 aromatic rings. The predicted molar refractivity (Wildman–Crippen MR) is 94.7 cm³/mol. The SMILES string of the molecule is CC(C)(C)NC(=O)CC(O)c1ccc(OCc2ccccc2)cc1. The molecule has 1 amide bonds. The lowest BCUT2D eigenvalue weighted by atomic mass is 10.0. The number of hydrogen-bond donors (Lipinski definition) is 2. The summed E-state index contributed by atoms with van der Waals surface area (Å²) in [6, 6.07) is 17.1. The Kier molecular flexibility index (Phi) is 5.99. The highest BCUT2D eigenvalue weighted by Crippen LogP contribution is 2.21. The lowest BCUT2D eigenvalue weighted by molar-refractivity contribution is -0.124. The van der Waals surface area contributed by atoms with Gasteiger partial charge in [0.2, 0.25) is 5.91 Å². The highest BCUT2D eigenvalue weighted by atomic mass is 16.5. The van der Waals surface area contributed by atoms with Crippen LogP contribution >= 0.6 is 0 Å². The Morgan fingerprint density at radius 3 is 2.29 bits per heavy atom. The molecule has 0 saturated heterocycles. The number of amides is 1. The minimum absolute atomic E-state index is 0.0431. The van der Waals surface area contributed by atoms with E-state index in [1.54, 1.807) is 12.1 Å². The van der Waals surface area contributed by atoms with E-state index < -0.39 is 6.10 Å². The Labute approximate surface area is 143 Å². The van der Waals surface area contributed by atoms with Crippen LogP contribution in [-0.2, 0) is 11.4 Å². The molecule has 2 aromatic carbocycles. The summed E-state index contributed by atoms with van der Waals surface area (Å²) in [7, 11) is 0. The molecule has 1 atom stereocenters. The highest BCUT2D eigenvalue weighted by Gasteiger charge is 2.18. The fraction of sp³-hybridized carbons (Fsp3) is 0.350. The molecule has 0 heterocycles. The molecule has 4 nitrogen and oxygen atoms in total. The van der Waals surface area contributed by atoms with Gasteiger partial charge in [-0.25, -0.2) is 0 Å². The number of carbonyl (C=O) groups is 1. The third kappa shape index (κ3) is 6.05. The second kappa shape index (κ2) is 7.97. The zero-order chi connectivity index (χ0) is 17.6. The molecule has 0 aliphatic heterocycles. The number of nitrogens with one attached hydrogen (secondary N) is 1. The molecule has 4 heteroatoms. The van der Waals surface area contributed by atoms with Crippen molar-refractivity contribution in [3.8, 4) is 5.75 Å². The van der Waals surface area contributed by atoms with Gasteiger partial charge < -0.3 is 15.2 Å². The van der Waals surface area contributed by atoms with E-state index >= 15 is 0 Å². The Bertz CT molecular complexity index is 645. The van der Waals surface area contributed by atoms with Crippen LogP contribution in [0, 0.1) is 0 Å². The van der Waals surface area contributed by atoms with E-state index in [0.29, 0.717) is 12.2 Å². The van der Waals surface area contributed by atoms with E-state index in [2.05, 4.69) is 5.32 Å². The summed E-state index contributed by atoms with van der Waals surface area (Å²) < 4.78 is 5.71. The average molecular weight is 327 g/mol. The Morgan fingerprint density at radius 1 is 1.08 bits per heavy atom. The van der Waals surface area contributed by atoms with Gasteiger partial charge in [-0.05, 0) is 44.0 Å². The number of hydrogen-bond acceptors (Lipinski definition) is 3. The Hall–Kier alpha value is -2.33. The van der Waals surface area contributed by atoms with Crippen LogP contribution in [0.5, 0.6) is 5.75 Å². The van der Waals surface area contributed by atoms with E-state index in [9.17, 15) is 9.90 Å². The third-order valence-corrected chi connectivity index (χ3v) is 3.41. The second-order valence-corrected chi connectivity index (χ2v) is 6.86. The van der Waals surface area contributed by atoms with E-state index in [4.69, 9.17) is 4.74 Å². The van der Waals surface area contributed by atoms with Crippen LogP contribution in [0.15, 0.2) is 54.6 Å². The van der Waals surface area contributed by atoms with Crippen molar-refractivity contribution in [2.45, 2.75) is 45.4 Å². The molecule has 0 fully saturated rings. The molecule has 0 aromatic heterocycles. The van der Waals surface area contributed by atoms with Gasteiger partial charge in [0.1, 0.15) is 12.4 Å². The molecule has 0 spiro atoms. The van der Waals surface area contributed by atoms with Gasteiger partial charge in [-0.15, -0.1) is 0 Å². The number of benzene rings is 2. The quantitative estimate of drug-likeness (QED) is 0.852. The van der Waals surface area contributed by atoms with Crippen LogP contribution in [0.2, 0.25) is 0 Å². The lowest BCUT2D eigenvalue weighted by Crippen LogP contribution is -2.41. The smallest absolute Gasteiger partial charge is 0.223 e. The van der Waals surface area contributed by atoms with Crippen LogP contribution in [-0.4, -0.2) is 16.6 Å². The zero-order valence-electron chi connectivity index (χ0n) is 14.5. The molecule has 0 aliphatic carbocycles. The molecule has 24 heavy (non-hydrogen) atoms. The summed E-state index contributed by atoms with van der Waals surface area (Å²) in [6.07, 6.45) is -0.780. The van der Waals surface area contributed by atoms with Gasteiger partial charge in [0.25, 0.3) is 0 Å². The first-order chi connectivity index (χ1) is 11.3. The summed E-state index contributed by atoms with van der Waals surface area (Å²) in [5, 5.41) is 13.0. The maximum atomic E-state index is 11.9. The van der Waals surface area contributed by atoms with E-state index in [1.807, 2.05) is 63.2 Å². The van der Waals surface area contributed by atoms with Gasteiger partial charge >= 0.3 is 0 Å². The summed E-state index contributed by atoms with van der Waals surface area (Å²) in [6.45, 7) is 6.24. The second-order valence-electron chi connectivity index (χ2n) is 6.86. The van der Waals surface area contributed by atoms with Gasteiger partial charge in [-0.3, -0.25) is 4.79 Å². The van der Waals surface area contributed by atoms with E-state index in [1.165, 1.54) is 0 Å². The van der Waals surface area contributed by atoms with Crippen molar-refractivity contribution < 1.29 is 14.6 Å². The molecular weight excluding hydrogens is 302 g/mol. The van der Waals surface area contributed by atoms with E-state index in [-0.39, 0.29) is 17.9 Å². The monoisotopic (exact) mass is 327 g/mol. The Morgan fingerprint density at radius 2 is 1.71 bits per heavy atom. The number of aliphatic hydroxyl groups excluding tert-OH is 1. The van der Waals surface area contributed by atoms with Crippen molar-refractivity contribution in [2.24, 2.45) is 0 Å². The van der Waals surface area contributed by atoms with Crippen LogP contribution < -0.4 is 10.1 Å². The molecule has 0 bridgehead atoms. The van der Waals surface area contributed by atoms with Gasteiger partial charge in [-0.2, -0.15) is 0 Å². The largest absolute Gasteiger partial charge is 0.489 e. The molecule has 2 N–H and O–H groups in total. The van der Waals surface area contributed by atoms with Crippen molar-refractivity contribution >= 4 is 5.91 Å². The number of ether oxygens (including phenoxy) is 1. The van der Waals surface area contributed by atoms with Crippen molar-refractivity contribution in [3.05, 3.63) is 65.7 Å². The number of aliphatic hydroxyl groups is 1. The maximum absolute atomic E-state index is 11.9. The maximum Gasteiger partial charge on any atom is 0.223 e. The van der Waals surface area contributed by atoms with Gasteiger partial charge in [0.05, 0.1) is 12.5 Å². The molecule has 2 rings (SSSR count). The first-order valence-electron chi connectivity index (χ1n) is 8.09. The normalized spacial score (nSPS) is 12.5. The number of rotatable bonds is 6. The lowest BCUT2D eigenvalue weighted by Gasteiger charge is -2.21. The first kappa shape index (κ1) is 18.0. The van der Waals surface area contributed by atoms with Gasteiger partial charge in [0.15, 0.2) is 0 Å². The van der Waals surface area contributed by atoms with E-state index in [0.717, 1.165) is 11.3 Å². The molecule has 0 aliphatic rings. The Balaban J connectivity index is 1.88.